The molecular formula is C32H26N4O6S5. The molecular weight excluding hydrogens is 697 g/mol. The fraction of sp³-hybridized carbons (Fsp3) is 0.0625. The third-order valence-corrected chi connectivity index (χ3v) is 10.8. The smallest absolute Gasteiger partial charge is 0.348 e. The van der Waals surface area contributed by atoms with Crippen molar-refractivity contribution in [2.24, 2.45) is 0 Å². The molecule has 0 fully saturated rings. The lowest BCUT2D eigenvalue weighted by atomic mass is 10.1. The van der Waals surface area contributed by atoms with E-state index in [1.165, 1.54) is 40.0 Å². The first kappa shape index (κ1) is 32.3. The number of carbonyl (C=O) groups excluding carboxylic acids is 1. The zero-order chi connectivity index (χ0) is 35.7. The summed E-state index contributed by atoms with van der Waals surface area (Å²) < 4.78 is 42.1. The Labute approximate surface area is 290 Å². The molecule has 6 aromatic heterocycles. The average molecular weight is 727 g/mol. The maximum atomic E-state index is 13.1. The van der Waals surface area contributed by atoms with Gasteiger partial charge in [-0.3, -0.25) is 0 Å². The quantitative estimate of drug-likeness (QED) is 0.167. The van der Waals surface area contributed by atoms with Crippen LogP contribution in [-0.2, 0) is 37.1 Å². The minimum absolute atomic E-state index is 0.201. The van der Waals surface area contributed by atoms with Crippen molar-refractivity contribution in [1.82, 2.24) is 18.9 Å². The SMILES string of the molecule is COC(=O)c1ccc(-c2ccnc3c2ccn3S(=O)(=O)c2ccc(C)cc2)s1.O=C(O)c1ccc(-c2ccnc3[nH]ccc23)s1.S=S.[3H][3H]. The third-order valence-electron chi connectivity index (χ3n) is 6.93. The van der Waals surface area contributed by atoms with Crippen LogP contribution in [0.4, 0.5) is 0 Å². The number of thiophene rings is 2. The van der Waals surface area contributed by atoms with E-state index in [4.69, 9.17) is 12.8 Å². The molecule has 0 amide bonds. The van der Waals surface area contributed by atoms with Crippen LogP contribution < -0.4 is 0 Å². The van der Waals surface area contributed by atoms with E-state index >= 15 is 0 Å². The number of aryl methyl sites for hydroxylation is 1. The van der Waals surface area contributed by atoms with Gasteiger partial charge in [0.15, 0.2) is 5.65 Å². The Morgan fingerprint density at radius 2 is 1.49 bits per heavy atom. The monoisotopic (exact) mass is 726 g/mol. The van der Waals surface area contributed by atoms with Crippen LogP contribution >= 0.6 is 22.7 Å². The van der Waals surface area contributed by atoms with Gasteiger partial charge in [0.2, 0.25) is 0 Å². The van der Waals surface area contributed by atoms with Crippen molar-refractivity contribution in [3.63, 3.8) is 0 Å². The summed E-state index contributed by atoms with van der Waals surface area (Å²) in [5.74, 6) is -1.29. The Morgan fingerprint density at radius 3 is 2.13 bits per heavy atom. The van der Waals surface area contributed by atoms with E-state index in [-0.39, 0.29) is 4.90 Å². The van der Waals surface area contributed by atoms with Gasteiger partial charge in [-0.2, -0.15) is 0 Å². The molecule has 0 spiro atoms. The standard InChI is InChI=1S/C20H16N2O4S2.C12H8N2O2S.S2.H2/c1-13-3-5-14(6-4-13)28(24,25)22-12-10-16-15(9-11-21-19(16)22)17-7-8-18(27-17)20(23)26-2;15-12(16)10-2-1-9(17-10)7-3-5-13-11-8(7)4-6-14-11;1-2;/h3-12H,1-2H3;1-6H,(H,13,14)(H,15,16);;1H/i;;;1+2T. The van der Waals surface area contributed by atoms with E-state index in [2.05, 4.69) is 37.3 Å². The maximum absolute atomic E-state index is 13.1. The van der Waals surface area contributed by atoms with Crippen molar-refractivity contribution < 1.29 is 30.8 Å². The van der Waals surface area contributed by atoms with Gasteiger partial charge >= 0.3 is 11.9 Å². The summed E-state index contributed by atoms with van der Waals surface area (Å²) in [6, 6.07) is 21.0. The topological polar surface area (TPSA) is 144 Å². The van der Waals surface area contributed by atoms with Gasteiger partial charge in [0.1, 0.15) is 15.4 Å². The summed E-state index contributed by atoms with van der Waals surface area (Å²) in [6.07, 6.45) is 6.61. The van der Waals surface area contributed by atoms with Gasteiger partial charge in [-0.25, -0.2) is 31.9 Å². The second kappa shape index (κ2) is 14.4. The molecule has 15 heteroatoms. The fourth-order valence-corrected chi connectivity index (χ4v) is 7.86. The summed E-state index contributed by atoms with van der Waals surface area (Å²) in [4.78, 5) is 36.9. The van der Waals surface area contributed by atoms with Crippen LogP contribution in [0.5, 0.6) is 0 Å². The number of benzene rings is 1. The first-order valence-electron chi connectivity index (χ1n) is 14.6. The number of carboxylic acid groups (broad SMARTS) is 1. The normalized spacial score (nSPS) is 11.1. The zero-order valence-corrected chi connectivity index (χ0v) is 28.7. The molecule has 47 heavy (non-hydrogen) atoms. The van der Waals surface area contributed by atoms with E-state index in [0.29, 0.717) is 20.8 Å². The summed E-state index contributed by atoms with van der Waals surface area (Å²) >= 11 is 9.89. The van der Waals surface area contributed by atoms with E-state index in [0.717, 1.165) is 37.5 Å². The first-order chi connectivity index (χ1) is 23.7. The maximum Gasteiger partial charge on any atom is 0.348 e. The summed E-state index contributed by atoms with van der Waals surface area (Å²) in [6.45, 7) is 1.90. The third kappa shape index (κ3) is 6.89. The number of aromatic nitrogens is 4. The predicted molar refractivity (Wildman–Crippen MR) is 191 cm³/mol. The number of carbonyl (C=O) groups is 2. The first-order valence-corrected chi connectivity index (χ1v) is 18.0. The number of fused-ring (bicyclic) bond motifs is 2. The average Bonchev–Trinajstić information content (AvgIpc) is 3.96. The number of rotatable bonds is 6. The second-order valence-electron chi connectivity index (χ2n) is 9.75. The summed E-state index contributed by atoms with van der Waals surface area (Å²) in [5, 5.41) is 10.6. The number of pyridine rings is 2. The van der Waals surface area contributed by atoms with Crippen molar-refractivity contribution in [2.75, 3.05) is 7.11 Å². The number of nitrogens with one attached hydrogen (secondary N) is 1. The summed E-state index contributed by atoms with van der Waals surface area (Å²) in [5.41, 5.74) is 3.95. The molecule has 0 radical (unpaired) electrons. The largest absolute Gasteiger partial charge is 0.477 e. The molecule has 1 aromatic carbocycles. The molecule has 0 saturated heterocycles. The molecule has 0 saturated carbocycles. The second-order valence-corrected chi connectivity index (χ2v) is 13.7. The Morgan fingerprint density at radius 1 is 0.872 bits per heavy atom. The van der Waals surface area contributed by atoms with Gasteiger partial charge in [0.25, 0.3) is 10.0 Å². The number of methoxy groups -OCH3 is 1. The van der Waals surface area contributed by atoms with Crippen molar-refractivity contribution in [3.05, 3.63) is 113 Å². The Kier molecular flexibility index (Phi) is 9.89. The number of carboxylic acids is 1. The van der Waals surface area contributed by atoms with Crippen LogP contribution in [0.2, 0.25) is 0 Å². The van der Waals surface area contributed by atoms with Crippen LogP contribution in [0.25, 0.3) is 42.9 Å². The lowest BCUT2D eigenvalue weighted by molar-refractivity contribution is 0.0605. The van der Waals surface area contributed by atoms with Gasteiger partial charge in [-0.1, -0.05) is 17.7 Å². The van der Waals surface area contributed by atoms with Gasteiger partial charge < -0.3 is 14.8 Å². The Hall–Kier alpha value is -4.67. The lowest BCUT2D eigenvalue weighted by Gasteiger charge is -2.08. The number of aromatic carboxylic acids is 1. The summed E-state index contributed by atoms with van der Waals surface area (Å²) in [7, 11) is -2.43. The molecule has 0 atom stereocenters. The molecule has 240 valence electrons. The highest BCUT2D eigenvalue weighted by molar-refractivity contribution is 8.07. The van der Waals surface area contributed by atoms with Crippen molar-refractivity contribution >= 4 is 89.1 Å². The number of nitrogens with zero attached hydrogens (tertiary/aromatic N) is 3. The molecule has 7 aromatic rings. The van der Waals surface area contributed by atoms with Crippen LogP contribution in [0, 0.1) is 6.92 Å². The molecule has 0 unspecified atom stereocenters. The van der Waals surface area contributed by atoms with E-state index < -0.39 is 22.0 Å². The van der Waals surface area contributed by atoms with Gasteiger partial charge in [0.05, 0.1) is 12.0 Å². The highest BCUT2D eigenvalue weighted by atomic mass is 32.8. The van der Waals surface area contributed by atoms with Crippen LogP contribution in [0.3, 0.4) is 0 Å². The number of aromatic amines is 1. The molecule has 0 aliphatic heterocycles. The molecule has 7 rings (SSSR count). The van der Waals surface area contributed by atoms with Crippen molar-refractivity contribution in [2.45, 2.75) is 11.8 Å². The molecule has 0 aliphatic rings. The number of H-pyrrole nitrogens is 1. The number of esters is 1. The highest BCUT2D eigenvalue weighted by Crippen LogP contribution is 2.35. The van der Waals surface area contributed by atoms with Gasteiger partial charge in [-0.15, -0.1) is 22.7 Å². The van der Waals surface area contributed by atoms with E-state index in [9.17, 15) is 18.0 Å². The lowest BCUT2D eigenvalue weighted by Crippen LogP contribution is -2.12. The highest BCUT2D eigenvalue weighted by Gasteiger charge is 2.21. The molecule has 0 bridgehead atoms. The minimum atomic E-state index is -3.77. The zero-order valence-electron chi connectivity index (χ0n) is 26.6. The van der Waals surface area contributed by atoms with E-state index in [1.807, 2.05) is 37.4 Å². The minimum Gasteiger partial charge on any atom is -0.477 e. The predicted octanol–water partition coefficient (Wildman–Crippen LogP) is 7.33. The van der Waals surface area contributed by atoms with Crippen molar-refractivity contribution in [1.29, 1.82) is 0 Å². The van der Waals surface area contributed by atoms with Gasteiger partial charge in [-0.05, 0) is 67.6 Å². The van der Waals surface area contributed by atoms with E-state index in [1.54, 1.807) is 60.9 Å². The van der Waals surface area contributed by atoms with Crippen molar-refractivity contribution in [3.8, 4) is 20.9 Å². The number of hydrogen-bond donors (Lipinski definition) is 2. The molecule has 6 heterocycles. The van der Waals surface area contributed by atoms with Crippen LogP contribution in [0.1, 0.15) is 27.9 Å². The number of ether oxygens (including phenoxy) is 1. The number of hydrogen-bond acceptors (Lipinski definition) is 11. The fourth-order valence-electron chi connectivity index (χ4n) is 4.71. The molecule has 2 N–H and O–H groups in total. The Balaban J connectivity index is 0.000000220. The van der Waals surface area contributed by atoms with Crippen LogP contribution in [0.15, 0.2) is 102 Å². The Bertz CT molecular complexity index is 2330. The molecule has 0 aliphatic carbocycles. The van der Waals surface area contributed by atoms with Crippen LogP contribution in [-0.4, -0.2) is 51.5 Å². The van der Waals surface area contributed by atoms with Gasteiger partial charge in [0, 0.05) is 81.8 Å². The molecule has 10 nitrogen and oxygen atoms in total.